The standard InChI is InChI=1S/C21H23ClF2N4O3S/c1-32(30,31)19-10-17(23)14(9-18(19)24)8-13-2-7-28(20(13)29)16-3-5-27(6-4-16)21-25-11-15(22)12-26-21/h9-13,16H,2-8H2,1H3/t13-/m1/s1. The molecule has 4 rings (SSSR count). The van der Waals surface area contributed by atoms with Gasteiger partial charge >= 0.3 is 0 Å². The number of likely N-dealkylation sites (tertiary alicyclic amines) is 1. The van der Waals surface area contributed by atoms with Gasteiger partial charge in [0.1, 0.15) is 16.5 Å². The van der Waals surface area contributed by atoms with Crippen molar-refractivity contribution in [3.05, 3.63) is 46.7 Å². The minimum Gasteiger partial charge on any atom is -0.341 e. The third kappa shape index (κ3) is 4.71. The highest BCUT2D eigenvalue weighted by molar-refractivity contribution is 7.90. The zero-order valence-electron chi connectivity index (χ0n) is 17.5. The summed E-state index contributed by atoms with van der Waals surface area (Å²) in [5.41, 5.74) is 0.0183. The lowest BCUT2D eigenvalue weighted by Gasteiger charge is -2.36. The molecule has 11 heteroatoms. The SMILES string of the molecule is CS(=O)(=O)c1cc(F)c(C[C@H]2CCN(C3CCN(c4ncc(Cl)cn4)CC3)C2=O)cc1F. The molecule has 7 nitrogen and oxygen atoms in total. The van der Waals surface area contributed by atoms with E-state index in [1.165, 1.54) is 0 Å². The molecule has 3 heterocycles. The number of halogens is 3. The molecule has 0 saturated carbocycles. The van der Waals surface area contributed by atoms with E-state index in [1.54, 1.807) is 12.4 Å². The number of hydrogen-bond acceptors (Lipinski definition) is 6. The van der Waals surface area contributed by atoms with Crippen molar-refractivity contribution in [3.63, 3.8) is 0 Å². The predicted octanol–water partition coefficient (Wildman–Crippen LogP) is 2.87. The van der Waals surface area contributed by atoms with Gasteiger partial charge in [0.2, 0.25) is 11.9 Å². The van der Waals surface area contributed by atoms with Crippen molar-refractivity contribution in [2.24, 2.45) is 5.92 Å². The Kier molecular flexibility index (Phi) is 6.35. The number of aromatic nitrogens is 2. The molecule has 1 aromatic carbocycles. The Hall–Kier alpha value is -2.33. The summed E-state index contributed by atoms with van der Waals surface area (Å²) in [6.07, 6.45) is 6.04. The Morgan fingerprint density at radius 3 is 2.34 bits per heavy atom. The van der Waals surface area contributed by atoms with Crippen molar-refractivity contribution >= 4 is 33.3 Å². The fourth-order valence-corrected chi connectivity index (χ4v) is 5.27. The number of hydrogen-bond donors (Lipinski definition) is 0. The molecule has 2 aliphatic heterocycles. The first-order chi connectivity index (χ1) is 15.1. The summed E-state index contributed by atoms with van der Waals surface area (Å²) < 4.78 is 51.8. The van der Waals surface area contributed by atoms with E-state index in [4.69, 9.17) is 11.6 Å². The largest absolute Gasteiger partial charge is 0.341 e. The molecule has 0 N–H and O–H groups in total. The van der Waals surface area contributed by atoms with Crippen LogP contribution in [-0.4, -0.2) is 61.1 Å². The Balaban J connectivity index is 1.39. The monoisotopic (exact) mass is 484 g/mol. The molecule has 32 heavy (non-hydrogen) atoms. The van der Waals surface area contributed by atoms with Crippen LogP contribution in [0.25, 0.3) is 0 Å². The number of anilines is 1. The van der Waals surface area contributed by atoms with E-state index in [-0.39, 0.29) is 23.9 Å². The van der Waals surface area contributed by atoms with Crippen molar-refractivity contribution in [1.82, 2.24) is 14.9 Å². The normalized spacial score (nSPS) is 20.2. The van der Waals surface area contributed by atoms with Crippen molar-refractivity contribution in [2.75, 3.05) is 30.8 Å². The molecule has 0 spiro atoms. The molecule has 2 aliphatic rings. The van der Waals surface area contributed by atoms with Crippen LogP contribution in [0.5, 0.6) is 0 Å². The van der Waals surface area contributed by atoms with Crippen LogP contribution in [0, 0.1) is 17.6 Å². The molecule has 172 valence electrons. The minimum atomic E-state index is -3.87. The molecule has 2 fully saturated rings. The number of piperidine rings is 1. The summed E-state index contributed by atoms with van der Waals surface area (Å²) in [4.78, 5) is 24.7. The lowest BCUT2D eigenvalue weighted by molar-refractivity contribution is -0.133. The van der Waals surface area contributed by atoms with Gasteiger partial charge in [-0.05, 0) is 43.4 Å². The number of carbonyl (C=O) groups excluding carboxylic acids is 1. The average molecular weight is 485 g/mol. The summed E-state index contributed by atoms with van der Waals surface area (Å²) in [5.74, 6) is -1.73. The fourth-order valence-electron chi connectivity index (χ4n) is 4.44. The van der Waals surface area contributed by atoms with Crippen LogP contribution in [0.15, 0.2) is 29.4 Å². The van der Waals surface area contributed by atoms with Gasteiger partial charge in [-0.25, -0.2) is 27.2 Å². The maximum atomic E-state index is 14.4. The Morgan fingerprint density at radius 1 is 1.06 bits per heavy atom. The number of sulfone groups is 1. The van der Waals surface area contributed by atoms with Crippen molar-refractivity contribution < 1.29 is 22.0 Å². The zero-order valence-corrected chi connectivity index (χ0v) is 19.0. The molecular formula is C21H23ClF2N4O3S. The van der Waals surface area contributed by atoms with Gasteiger partial charge in [-0.3, -0.25) is 4.79 Å². The smallest absolute Gasteiger partial charge is 0.226 e. The molecule has 2 saturated heterocycles. The van der Waals surface area contributed by atoms with Gasteiger partial charge in [-0.2, -0.15) is 0 Å². The van der Waals surface area contributed by atoms with Gasteiger partial charge in [0.15, 0.2) is 9.84 Å². The average Bonchev–Trinajstić information content (AvgIpc) is 3.10. The van der Waals surface area contributed by atoms with Gasteiger partial charge in [0.25, 0.3) is 0 Å². The number of rotatable bonds is 5. The van der Waals surface area contributed by atoms with Crippen LogP contribution in [0.4, 0.5) is 14.7 Å². The molecular weight excluding hydrogens is 462 g/mol. The van der Waals surface area contributed by atoms with E-state index in [0.717, 1.165) is 25.2 Å². The van der Waals surface area contributed by atoms with Crippen LogP contribution in [0.1, 0.15) is 24.8 Å². The van der Waals surface area contributed by atoms with Crippen LogP contribution in [0.3, 0.4) is 0 Å². The second-order valence-corrected chi connectivity index (χ2v) is 10.7. The first-order valence-electron chi connectivity index (χ1n) is 10.3. The van der Waals surface area contributed by atoms with Gasteiger partial charge < -0.3 is 9.80 Å². The van der Waals surface area contributed by atoms with Crippen molar-refractivity contribution in [1.29, 1.82) is 0 Å². The van der Waals surface area contributed by atoms with Crippen LogP contribution in [0.2, 0.25) is 5.02 Å². The fraction of sp³-hybridized carbons (Fsp3) is 0.476. The Bertz CT molecular complexity index is 1120. The Labute approximate surface area is 190 Å². The van der Waals surface area contributed by atoms with Crippen LogP contribution >= 0.6 is 11.6 Å². The van der Waals surface area contributed by atoms with Gasteiger partial charge in [0.05, 0.1) is 17.4 Å². The topological polar surface area (TPSA) is 83.5 Å². The number of benzene rings is 1. The van der Waals surface area contributed by atoms with E-state index in [9.17, 15) is 22.0 Å². The van der Waals surface area contributed by atoms with E-state index in [1.807, 2.05) is 9.80 Å². The highest BCUT2D eigenvalue weighted by Gasteiger charge is 2.37. The maximum Gasteiger partial charge on any atom is 0.226 e. The quantitative estimate of drug-likeness (QED) is 0.649. The third-order valence-corrected chi connectivity index (χ3v) is 7.42. The van der Waals surface area contributed by atoms with Crippen LogP contribution < -0.4 is 4.90 Å². The molecule has 0 unspecified atom stereocenters. The highest BCUT2D eigenvalue weighted by atomic mass is 35.5. The van der Waals surface area contributed by atoms with Crippen molar-refractivity contribution in [3.8, 4) is 0 Å². The molecule has 1 atom stereocenters. The van der Waals surface area contributed by atoms with Crippen molar-refractivity contribution in [2.45, 2.75) is 36.6 Å². The molecule has 0 bridgehead atoms. The number of nitrogens with zero attached hydrogens (tertiary/aromatic N) is 4. The predicted molar refractivity (Wildman–Crippen MR) is 115 cm³/mol. The van der Waals surface area contributed by atoms with Crippen LogP contribution in [-0.2, 0) is 21.1 Å². The highest BCUT2D eigenvalue weighted by Crippen LogP contribution is 2.30. The number of amides is 1. The summed E-state index contributed by atoms with van der Waals surface area (Å²) >= 11 is 5.83. The summed E-state index contributed by atoms with van der Waals surface area (Å²) in [5, 5.41) is 0.472. The summed E-state index contributed by atoms with van der Waals surface area (Å²) in [7, 11) is -3.87. The number of carbonyl (C=O) groups is 1. The second kappa shape index (κ2) is 8.90. The van der Waals surface area contributed by atoms with E-state index in [2.05, 4.69) is 9.97 Å². The summed E-state index contributed by atoms with van der Waals surface area (Å²) in [6.45, 7) is 1.97. The van der Waals surface area contributed by atoms with E-state index >= 15 is 0 Å². The van der Waals surface area contributed by atoms with E-state index in [0.29, 0.717) is 43.1 Å². The first-order valence-corrected chi connectivity index (χ1v) is 12.6. The first kappa shape index (κ1) is 22.8. The van der Waals surface area contributed by atoms with Gasteiger partial charge in [0, 0.05) is 37.8 Å². The molecule has 1 aromatic heterocycles. The Morgan fingerprint density at radius 2 is 1.72 bits per heavy atom. The molecule has 0 radical (unpaired) electrons. The van der Waals surface area contributed by atoms with E-state index < -0.39 is 32.3 Å². The second-order valence-electron chi connectivity index (χ2n) is 8.29. The van der Waals surface area contributed by atoms with Gasteiger partial charge in [-0.1, -0.05) is 11.6 Å². The third-order valence-electron chi connectivity index (χ3n) is 6.11. The molecule has 1 amide bonds. The lowest BCUT2D eigenvalue weighted by atomic mass is 9.97. The lowest BCUT2D eigenvalue weighted by Crippen LogP contribution is -2.46. The molecule has 2 aromatic rings. The zero-order chi connectivity index (χ0) is 23.0. The molecule has 0 aliphatic carbocycles. The summed E-state index contributed by atoms with van der Waals surface area (Å²) in [6, 6.07) is 1.67. The van der Waals surface area contributed by atoms with Gasteiger partial charge in [-0.15, -0.1) is 0 Å². The maximum absolute atomic E-state index is 14.4. The minimum absolute atomic E-state index is 0.0183.